The average Bonchev–Trinajstić information content (AvgIpc) is 3.60. The van der Waals surface area contributed by atoms with E-state index < -0.39 is 0 Å². The van der Waals surface area contributed by atoms with Crippen LogP contribution < -0.4 is 0 Å². The zero-order chi connectivity index (χ0) is 25.7. The maximum Gasteiger partial charge on any atom is 0.0725 e. The van der Waals surface area contributed by atoms with Gasteiger partial charge in [0.25, 0.3) is 0 Å². The second-order valence-corrected chi connectivity index (χ2v) is 12.0. The van der Waals surface area contributed by atoms with E-state index in [0.717, 1.165) is 0 Å². The van der Waals surface area contributed by atoms with Crippen LogP contribution in [0.1, 0.15) is 27.8 Å². The Balaban J connectivity index is 1.36. The number of aryl methyl sites for hydroxylation is 1. The molecule has 2 aliphatic rings. The maximum absolute atomic E-state index is 2.49. The first-order valence-electron chi connectivity index (χ1n) is 13.6. The highest BCUT2D eigenvalue weighted by Crippen LogP contribution is 2.63. The van der Waals surface area contributed by atoms with Crippen molar-refractivity contribution in [3.8, 4) is 33.4 Å². The standard InChI is InChI=1S/C38H24S/c1-23-14-17-28-26-8-2-5-11-32(26)38(34(28)20-23)33-12-6-3-9-27(33)29-18-15-25(22-35(29)38)24-16-19-37-31(21-24)30-10-4-7-13-36(30)39-37/h2-22H,1H3. The van der Waals surface area contributed by atoms with Gasteiger partial charge >= 0.3 is 0 Å². The first-order chi connectivity index (χ1) is 19.2. The van der Waals surface area contributed by atoms with Crippen LogP contribution in [-0.2, 0) is 5.41 Å². The minimum Gasteiger partial charge on any atom is -0.135 e. The molecule has 0 nitrogen and oxygen atoms in total. The first-order valence-corrected chi connectivity index (χ1v) is 14.4. The lowest BCUT2D eigenvalue weighted by Gasteiger charge is -2.31. The lowest BCUT2D eigenvalue weighted by molar-refractivity contribution is 0.793. The van der Waals surface area contributed by atoms with Crippen LogP contribution in [0, 0.1) is 6.92 Å². The van der Waals surface area contributed by atoms with Gasteiger partial charge in [0, 0.05) is 20.2 Å². The number of hydrogen-bond acceptors (Lipinski definition) is 1. The van der Waals surface area contributed by atoms with Crippen molar-refractivity contribution in [3.05, 3.63) is 155 Å². The van der Waals surface area contributed by atoms with Crippen LogP contribution in [0.25, 0.3) is 53.6 Å². The van der Waals surface area contributed by atoms with E-state index in [1.165, 1.54) is 81.4 Å². The molecule has 9 rings (SSSR count). The molecule has 1 heteroatoms. The molecule has 0 amide bonds. The average molecular weight is 513 g/mol. The quantitative estimate of drug-likeness (QED) is 0.205. The van der Waals surface area contributed by atoms with Crippen molar-refractivity contribution >= 4 is 31.5 Å². The van der Waals surface area contributed by atoms with Gasteiger partial charge < -0.3 is 0 Å². The molecule has 0 aliphatic heterocycles. The lowest BCUT2D eigenvalue weighted by atomic mass is 9.70. The van der Waals surface area contributed by atoms with Crippen molar-refractivity contribution in [1.82, 2.24) is 0 Å². The van der Waals surface area contributed by atoms with E-state index in [2.05, 4.69) is 134 Å². The fourth-order valence-corrected chi connectivity index (χ4v) is 8.42. The SMILES string of the molecule is Cc1ccc2c(c1)C1(c3ccccc3-2)c2ccccc2-c2ccc(-c3ccc4sc5ccccc5c4c3)cc21. The van der Waals surface area contributed by atoms with Crippen molar-refractivity contribution in [2.75, 3.05) is 0 Å². The summed E-state index contributed by atoms with van der Waals surface area (Å²) in [4.78, 5) is 0. The second kappa shape index (κ2) is 7.56. The van der Waals surface area contributed by atoms with Gasteiger partial charge in [0.05, 0.1) is 5.41 Å². The van der Waals surface area contributed by atoms with Crippen molar-refractivity contribution in [1.29, 1.82) is 0 Å². The van der Waals surface area contributed by atoms with E-state index in [9.17, 15) is 0 Å². The van der Waals surface area contributed by atoms with Crippen LogP contribution in [0.4, 0.5) is 0 Å². The molecule has 7 aromatic rings. The Morgan fingerprint density at radius 1 is 0.436 bits per heavy atom. The number of thiophene rings is 1. The minimum atomic E-state index is -0.306. The molecule has 0 saturated heterocycles. The number of rotatable bonds is 1. The molecule has 0 bridgehead atoms. The topological polar surface area (TPSA) is 0 Å². The minimum absolute atomic E-state index is 0.306. The van der Waals surface area contributed by atoms with Crippen LogP contribution in [0.5, 0.6) is 0 Å². The molecule has 1 atom stereocenters. The summed E-state index contributed by atoms with van der Waals surface area (Å²) in [5, 5.41) is 2.69. The third-order valence-electron chi connectivity index (χ3n) is 8.96. The first kappa shape index (κ1) is 21.5. The van der Waals surface area contributed by atoms with Crippen LogP contribution in [0.15, 0.2) is 127 Å². The molecule has 0 N–H and O–H groups in total. The molecule has 6 aromatic carbocycles. The zero-order valence-corrected chi connectivity index (χ0v) is 22.3. The Morgan fingerprint density at radius 2 is 1.00 bits per heavy atom. The highest BCUT2D eigenvalue weighted by atomic mass is 32.1. The van der Waals surface area contributed by atoms with Crippen LogP contribution in [-0.4, -0.2) is 0 Å². The van der Waals surface area contributed by atoms with E-state index in [1.54, 1.807) is 0 Å². The van der Waals surface area contributed by atoms with E-state index >= 15 is 0 Å². The third kappa shape index (κ3) is 2.68. The Morgan fingerprint density at radius 3 is 1.79 bits per heavy atom. The van der Waals surface area contributed by atoms with Gasteiger partial charge in [-0.1, -0.05) is 109 Å². The van der Waals surface area contributed by atoms with Gasteiger partial charge in [-0.2, -0.15) is 0 Å². The largest absolute Gasteiger partial charge is 0.135 e. The van der Waals surface area contributed by atoms with Crippen molar-refractivity contribution in [3.63, 3.8) is 0 Å². The molecule has 0 saturated carbocycles. The summed E-state index contributed by atoms with van der Waals surface area (Å²) in [6.45, 7) is 2.22. The van der Waals surface area contributed by atoms with E-state index in [1.807, 2.05) is 11.3 Å². The smallest absolute Gasteiger partial charge is 0.0725 e. The highest BCUT2D eigenvalue weighted by molar-refractivity contribution is 7.25. The van der Waals surface area contributed by atoms with Gasteiger partial charge in [0.1, 0.15) is 0 Å². The van der Waals surface area contributed by atoms with E-state index in [-0.39, 0.29) is 5.41 Å². The monoisotopic (exact) mass is 512 g/mol. The summed E-state index contributed by atoms with van der Waals surface area (Å²) < 4.78 is 2.70. The van der Waals surface area contributed by atoms with Gasteiger partial charge in [-0.05, 0) is 86.8 Å². The Labute approximate surface area is 231 Å². The summed E-state index contributed by atoms with van der Waals surface area (Å²) in [6.07, 6.45) is 0. The van der Waals surface area contributed by atoms with E-state index in [0.29, 0.717) is 0 Å². The fourth-order valence-electron chi connectivity index (χ4n) is 7.34. The van der Waals surface area contributed by atoms with Crippen LogP contribution in [0.3, 0.4) is 0 Å². The molecule has 1 aromatic heterocycles. The molecule has 1 spiro atoms. The number of benzene rings is 6. The number of fused-ring (bicyclic) bond motifs is 13. The maximum atomic E-state index is 2.49. The zero-order valence-electron chi connectivity index (χ0n) is 21.5. The van der Waals surface area contributed by atoms with Gasteiger partial charge in [-0.15, -0.1) is 11.3 Å². The molecule has 39 heavy (non-hydrogen) atoms. The van der Waals surface area contributed by atoms with Gasteiger partial charge in [0.2, 0.25) is 0 Å². The predicted octanol–water partition coefficient (Wildman–Crippen LogP) is 10.4. The Bertz CT molecular complexity index is 2130. The summed E-state index contributed by atoms with van der Waals surface area (Å²) in [5.41, 5.74) is 14.6. The Hall–Kier alpha value is -4.46. The molecule has 0 radical (unpaired) electrons. The predicted molar refractivity (Wildman–Crippen MR) is 166 cm³/mol. The van der Waals surface area contributed by atoms with E-state index in [4.69, 9.17) is 0 Å². The normalized spacial score (nSPS) is 16.4. The molecule has 1 unspecified atom stereocenters. The van der Waals surface area contributed by atoms with Gasteiger partial charge in [0.15, 0.2) is 0 Å². The number of hydrogen-bond donors (Lipinski definition) is 0. The molecule has 182 valence electrons. The summed E-state index contributed by atoms with van der Waals surface area (Å²) in [6, 6.07) is 48.0. The molecular formula is C38H24S. The highest BCUT2D eigenvalue weighted by Gasteiger charge is 2.51. The van der Waals surface area contributed by atoms with Gasteiger partial charge in [-0.3, -0.25) is 0 Å². The molecule has 1 heterocycles. The third-order valence-corrected chi connectivity index (χ3v) is 10.1. The van der Waals surface area contributed by atoms with Crippen molar-refractivity contribution in [2.45, 2.75) is 12.3 Å². The fraction of sp³-hybridized carbons (Fsp3) is 0.0526. The summed E-state index contributed by atoms with van der Waals surface area (Å²) >= 11 is 1.88. The van der Waals surface area contributed by atoms with Crippen molar-refractivity contribution < 1.29 is 0 Å². The second-order valence-electron chi connectivity index (χ2n) is 11.0. The summed E-state index contributed by atoms with van der Waals surface area (Å²) in [5.74, 6) is 0. The van der Waals surface area contributed by atoms with Gasteiger partial charge in [-0.25, -0.2) is 0 Å². The van der Waals surface area contributed by atoms with Crippen LogP contribution in [0.2, 0.25) is 0 Å². The molecular weight excluding hydrogens is 488 g/mol. The Kier molecular flexibility index (Phi) is 4.16. The van der Waals surface area contributed by atoms with Crippen molar-refractivity contribution in [2.24, 2.45) is 0 Å². The molecule has 2 aliphatic carbocycles. The summed E-state index contributed by atoms with van der Waals surface area (Å²) in [7, 11) is 0. The van der Waals surface area contributed by atoms with Crippen LogP contribution >= 0.6 is 11.3 Å². The lowest BCUT2D eigenvalue weighted by Crippen LogP contribution is -2.26. The molecule has 0 fully saturated rings.